The van der Waals surface area contributed by atoms with Gasteiger partial charge in [0.1, 0.15) is 5.01 Å². The van der Waals surface area contributed by atoms with Crippen LogP contribution >= 0.6 is 11.3 Å². The van der Waals surface area contributed by atoms with Gasteiger partial charge in [0.05, 0.1) is 5.69 Å². The molecule has 1 saturated heterocycles. The Morgan fingerprint density at radius 1 is 1.00 bits per heavy atom. The minimum absolute atomic E-state index is 0.100. The maximum absolute atomic E-state index is 12.7. The number of benzene rings is 2. The predicted molar refractivity (Wildman–Crippen MR) is 113 cm³/mol. The second kappa shape index (κ2) is 8.65. The van der Waals surface area contributed by atoms with Crippen molar-refractivity contribution in [2.24, 2.45) is 5.73 Å². The summed E-state index contributed by atoms with van der Waals surface area (Å²) in [4.78, 5) is 21.8. The fraction of sp³-hybridized carbons (Fsp3) is 0.273. The Kier molecular flexibility index (Phi) is 5.81. The number of piperazine rings is 1. The third kappa shape index (κ3) is 4.30. The van der Waals surface area contributed by atoms with Gasteiger partial charge in [0.15, 0.2) is 0 Å². The van der Waals surface area contributed by atoms with Gasteiger partial charge in [-0.15, -0.1) is 11.3 Å². The number of hydrogen-bond acceptors (Lipinski definition) is 5. The van der Waals surface area contributed by atoms with Crippen molar-refractivity contribution in [3.05, 3.63) is 76.8 Å². The summed E-state index contributed by atoms with van der Waals surface area (Å²) in [6, 6.07) is 17.9. The predicted octanol–water partition coefficient (Wildman–Crippen LogP) is 3.23. The van der Waals surface area contributed by atoms with Gasteiger partial charge in [-0.1, -0.05) is 42.5 Å². The SMILES string of the molecule is NCc1ccc(C(=O)N2CCN(Cc3csc(-c4ccccc4)n3)CC2)cc1. The van der Waals surface area contributed by atoms with Crippen molar-refractivity contribution in [1.82, 2.24) is 14.8 Å². The van der Waals surface area contributed by atoms with E-state index in [9.17, 15) is 4.79 Å². The maximum atomic E-state index is 12.7. The monoisotopic (exact) mass is 392 g/mol. The molecule has 1 amide bonds. The third-order valence-corrected chi connectivity index (χ3v) is 5.99. The molecule has 3 aromatic rings. The number of nitrogens with zero attached hydrogens (tertiary/aromatic N) is 3. The van der Waals surface area contributed by atoms with Crippen LogP contribution in [-0.4, -0.2) is 46.9 Å². The summed E-state index contributed by atoms with van der Waals surface area (Å²) < 4.78 is 0. The molecule has 1 aliphatic heterocycles. The van der Waals surface area contributed by atoms with Crippen LogP contribution in [0.4, 0.5) is 0 Å². The Balaban J connectivity index is 1.32. The first-order valence-electron chi connectivity index (χ1n) is 9.53. The molecule has 1 aromatic heterocycles. The van der Waals surface area contributed by atoms with E-state index in [1.807, 2.05) is 47.4 Å². The van der Waals surface area contributed by atoms with E-state index >= 15 is 0 Å². The number of carbonyl (C=O) groups is 1. The molecule has 6 heteroatoms. The van der Waals surface area contributed by atoms with Crippen LogP contribution < -0.4 is 5.73 Å². The Labute approximate surface area is 169 Å². The van der Waals surface area contributed by atoms with Crippen LogP contribution in [0.5, 0.6) is 0 Å². The summed E-state index contributed by atoms with van der Waals surface area (Å²) in [5.74, 6) is 0.100. The van der Waals surface area contributed by atoms with E-state index in [2.05, 4.69) is 22.4 Å². The minimum atomic E-state index is 0.100. The van der Waals surface area contributed by atoms with Gasteiger partial charge >= 0.3 is 0 Å². The molecular formula is C22H24N4OS. The van der Waals surface area contributed by atoms with Crippen LogP contribution in [-0.2, 0) is 13.1 Å². The molecule has 4 rings (SSSR count). The summed E-state index contributed by atoms with van der Waals surface area (Å²) in [7, 11) is 0. The van der Waals surface area contributed by atoms with E-state index < -0.39 is 0 Å². The first-order chi connectivity index (χ1) is 13.7. The maximum Gasteiger partial charge on any atom is 0.253 e. The van der Waals surface area contributed by atoms with Crippen LogP contribution in [0.2, 0.25) is 0 Å². The molecule has 0 spiro atoms. The summed E-state index contributed by atoms with van der Waals surface area (Å²) in [6.07, 6.45) is 0. The molecule has 0 aliphatic carbocycles. The molecular weight excluding hydrogens is 368 g/mol. The highest BCUT2D eigenvalue weighted by Gasteiger charge is 2.22. The van der Waals surface area contributed by atoms with Crippen molar-refractivity contribution in [2.45, 2.75) is 13.1 Å². The van der Waals surface area contributed by atoms with Crippen LogP contribution in [0.3, 0.4) is 0 Å². The number of hydrogen-bond donors (Lipinski definition) is 1. The summed E-state index contributed by atoms with van der Waals surface area (Å²) >= 11 is 1.69. The van der Waals surface area contributed by atoms with Crippen molar-refractivity contribution >= 4 is 17.2 Å². The standard InChI is InChI=1S/C22H24N4OS/c23-14-17-6-8-19(9-7-17)22(27)26-12-10-25(11-13-26)15-20-16-28-21(24-20)18-4-2-1-3-5-18/h1-9,16H,10-15,23H2. The molecule has 0 saturated carbocycles. The highest BCUT2D eigenvalue weighted by Crippen LogP contribution is 2.24. The quantitative estimate of drug-likeness (QED) is 0.724. The molecule has 0 unspecified atom stereocenters. The molecule has 2 heterocycles. The number of aromatic nitrogens is 1. The Morgan fingerprint density at radius 3 is 2.39 bits per heavy atom. The number of carbonyl (C=O) groups excluding carboxylic acids is 1. The first kappa shape index (κ1) is 18.8. The third-order valence-electron chi connectivity index (χ3n) is 5.05. The van der Waals surface area contributed by atoms with Crippen LogP contribution in [0.15, 0.2) is 60.0 Å². The minimum Gasteiger partial charge on any atom is -0.336 e. The lowest BCUT2D eigenvalue weighted by Gasteiger charge is -2.34. The highest BCUT2D eigenvalue weighted by atomic mass is 32.1. The summed E-state index contributed by atoms with van der Waals surface area (Å²) in [5.41, 5.74) is 9.66. The summed E-state index contributed by atoms with van der Waals surface area (Å²) in [5, 5.41) is 3.20. The molecule has 28 heavy (non-hydrogen) atoms. The van der Waals surface area contributed by atoms with E-state index in [1.165, 1.54) is 0 Å². The van der Waals surface area contributed by atoms with Crippen molar-refractivity contribution in [1.29, 1.82) is 0 Å². The first-order valence-corrected chi connectivity index (χ1v) is 10.4. The average molecular weight is 393 g/mol. The number of thiazole rings is 1. The number of rotatable bonds is 5. The average Bonchev–Trinajstić information content (AvgIpc) is 3.23. The van der Waals surface area contributed by atoms with Gasteiger partial charge in [0.2, 0.25) is 0 Å². The lowest BCUT2D eigenvalue weighted by atomic mass is 10.1. The second-order valence-corrected chi connectivity index (χ2v) is 7.84. The topological polar surface area (TPSA) is 62.5 Å². The highest BCUT2D eigenvalue weighted by molar-refractivity contribution is 7.13. The van der Waals surface area contributed by atoms with Crippen molar-refractivity contribution in [3.8, 4) is 10.6 Å². The van der Waals surface area contributed by atoms with Crippen LogP contribution in [0.1, 0.15) is 21.6 Å². The summed E-state index contributed by atoms with van der Waals surface area (Å²) in [6.45, 7) is 4.54. The molecule has 144 valence electrons. The van der Waals surface area contributed by atoms with E-state index in [0.29, 0.717) is 6.54 Å². The van der Waals surface area contributed by atoms with Gasteiger partial charge in [-0.05, 0) is 17.7 Å². The largest absolute Gasteiger partial charge is 0.336 e. The fourth-order valence-electron chi connectivity index (χ4n) is 3.40. The zero-order valence-corrected chi connectivity index (χ0v) is 16.6. The molecule has 0 radical (unpaired) electrons. The smallest absolute Gasteiger partial charge is 0.253 e. The van der Waals surface area contributed by atoms with Gasteiger partial charge in [0, 0.05) is 55.8 Å². The van der Waals surface area contributed by atoms with Crippen LogP contribution in [0.25, 0.3) is 10.6 Å². The lowest BCUT2D eigenvalue weighted by Crippen LogP contribution is -2.48. The molecule has 0 bridgehead atoms. The molecule has 0 atom stereocenters. The van der Waals surface area contributed by atoms with E-state index in [-0.39, 0.29) is 5.91 Å². The molecule has 1 fully saturated rings. The number of amides is 1. The van der Waals surface area contributed by atoms with Gasteiger partial charge < -0.3 is 10.6 Å². The van der Waals surface area contributed by atoms with Gasteiger partial charge in [-0.3, -0.25) is 9.69 Å². The number of nitrogens with two attached hydrogens (primary N) is 1. The molecule has 2 N–H and O–H groups in total. The van der Waals surface area contributed by atoms with Gasteiger partial charge in [-0.2, -0.15) is 0 Å². The molecule has 1 aliphatic rings. The normalized spacial score (nSPS) is 15.0. The van der Waals surface area contributed by atoms with Crippen LogP contribution in [0, 0.1) is 0 Å². The molecule has 2 aromatic carbocycles. The van der Waals surface area contributed by atoms with E-state index in [1.54, 1.807) is 11.3 Å². The van der Waals surface area contributed by atoms with Crippen molar-refractivity contribution in [2.75, 3.05) is 26.2 Å². The van der Waals surface area contributed by atoms with Crippen molar-refractivity contribution in [3.63, 3.8) is 0 Å². The van der Waals surface area contributed by atoms with E-state index in [0.717, 1.165) is 60.1 Å². The second-order valence-electron chi connectivity index (χ2n) is 6.98. The molecule has 5 nitrogen and oxygen atoms in total. The zero-order chi connectivity index (χ0) is 19.3. The van der Waals surface area contributed by atoms with E-state index in [4.69, 9.17) is 10.7 Å². The zero-order valence-electron chi connectivity index (χ0n) is 15.8. The van der Waals surface area contributed by atoms with Crippen molar-refractivity contribution < 1.29 is 4.79 Å². The lowest BCUT2D eigenvalue weighted by molar-refractivity contribution is 0.0627. The van der Waals surface area contributed by atoms with Gasteiger partial charge in [0.25, 0.3) is 5.91 Å². The Morgan fingerprint density at radius 2 is 1.71 bits per heavy atom. The fourth-order valence-corrected chi connectivity index (χ4v) is 4.21. The van der Waals surface area contributed by atoms with Gasteiger partial charge in [-0.25, -0.2) is 4.98 Å². The Hall–Kier alpha value is -2.54. The Bertz CT molecular complexity index is 915.